The number of carboxylic acids is 1. The number of ether oxygens (including phenoxy) is 2. The van der Waals surface area contributed by atoms with Crippen molar-refractivity contribution in [2.24, 2.45) is 20.5 Å². The van der Waals surface area contributed by atoms with Crippen molar-refractivity contribution < 1.29 is 186 Å². The van der Waals surface area contributed by atoms with Crippen LogP contribution < -0.4 is 127 Å². The normalized spacial score (nSPS) is 12.0. The monoisotopic (exact) mass is 1850 g/mol. The molecule has 53 heteroatoms. The van der Waals surface area contributed by atoms with Crippen LogP contribution in [-0.4, -0.2) is 157 Å². The summed E-state index contributed by atoms with van der Waals surface area (Å²) >= 11 is 0. The van der Waals surface area contributed by atoms with Gasteiger partial charge >= 0.3 is 94.6 Å². The summed E-state index contributed by atoms with van der Waals surface area (Å²) < 4.78 is 219. The number of anilines is 2. The molecule has 44 nitrogen and oxygen atoms in total. The van der Waals surface area contributed by atoms with Gasteiger partial charge in [-0.3, -0.25) is 28.8 Å². The van der Waals surface area contributed by atoms with Gasteiger partial charge in [-0.25, -0.2) is 62.3 Å². The molecule has 12 rings (SSSR count). The van der Waals surface area contributed by atoms with Crippen LogP contribution in [0.3, 0.4) is 0 Å². The van der Waals surface area contributed by atoms with E-state index in [1.807, 2.05) is 53.7 Å². The number of carboxylic acid groups (broad SMARTS) is 1. The van der Waals surface area contributed by atoms with E-state index in [0.717, 1.165) is 39.7 Å². The Bertz CT molecular complexity index is 6910. The summed E-state index contributed by atoms with van der Waals surface area (Å²) in [5, 5.41) is 68.2. The number of azo groups is 2. The molecule has 6 aromatic heterocycles. The number of nitrogens with zero attached hydrogens (tertiary/aromatic N) is 15. The number of rotatable bonds is 27. The Morgan fingerprint density at radius 3 is 1.58 bits per heavy atom. The average molecular weight is 1850 g/mol. The molecule has 0 bridgehead atoms. The molecule has 1 amide bonds. The summed E-state index contributed by atoms with van der Waals surface area (Å²) in [6.45, 7) is 14.7. The van der Waals surface area contributed by atoms with E-state index in [1.54, 1.807) is 47.1 Å². The average Bonchev–Trinajstić information content (AvgIpc) is 1.61. The topological polar surface area (TPSA) is 728 Å². The molecule has 0 aliphatic rings. The molecule has 0 aliphatic carbocycles. The minimum absolute atomic E-state index is 0. The molecule has 0 spiro atoms. The molecule has 0 fully saturated rings. The number of aromatic carboxylic acids is 1. The Hall–Kier alpha value is -9.93. The number of nitrogens with one attached hydrogen (secondary N) is 4. The molecule has 640 valence electrons. The summed E-state index contributed by atoms with van der Waals surface area (Å²) in [6, 6.07) is 30.6. The Labute approximate surface area is 775 Å². The van der Waals surface area contributed by atoms with Gasteiger partial charge in [-0.1, -0.05) is 59.7 Å². The van der Waals surface area contributed by atoms with Gasteiger partial charge in [-0.2, -0.15) is 42.2 Å². The van der Waals surface area contributed by atoms with Crippen LogP contribution >= 0.6 is 0 Å². The fourth-order valence-corrected chi connectivity index (χ4v) is 15.6. The Balaban J connectivity index is 0.000000420. The molecule has 6 aromatic carbocycles. The van der Waals surface area contributed by atoms with E-state index in [1.165, 1.54) is 67.0 Å². The van der Waals surface area contributed by atoms with Gasteiger partial charge < -0.3 is 52.0 Å². The van der Waals surface area contributed by atoms with E-state index in [-0.39, 0.29) is 193 Å². The van der Waals surface area contributed by atoms with Gasteiger partial charge in [0.15, 0.2) is 28.8 Å². The molecule has 0 radical (unpaired) electrons. The molecule has 0 aliphatic heterocycles. The number of hydrogen-bond acceptors (Lipinski definition) is 33. The second kappa shape index (κ2) is 41.0. The second-order valence-electron chi connectivity index (χ2n) is 27.8. The summed E-state index contributed by atoms with van der Waals surface area (Å²) in [5.41, 5.74) is -0.140. The first-order valence-corrected chi connectivity index (χ1v) is 43.0. The van der Waals surface area contributed by atoms with Crippen LogP contribution in [0, 0.1) is 36.5 Å². The van der Waals surface area contributed by atoms with Gasteiger partial charge in [0.1, 0.15) is 81.5 Å². The molecule has 0 saturated carbocycles. The molecule has 0 atom stereocenters. The van der Waals surface area contributed by atoms with Gasteiger partial charge in [-0.05, 0) is 147 Å². The number of aromatic nitrogens is 11. The number of fused-ring (bicyclic) bond motifs is 2. The minimum Gasteiger partial charge on any atom is -0.744 e. The third kappa shape index (κ3) is 24.4. The predicted molar refractivity (Wildman–Crippen MR) is 426 cm³/mol. The zero-order valence-electron chi connectivity index (χ0n) is 67.9. The van der Waals surface area contributed by atoms with E-state index in [4.69, 9.17) is 14.5 Å². The van der Waals surface area contributed by atoms with Crippen molar-refractivity contribution in [2.45, 2.75) is 121 Å². The van der Waals surface area contributed by atoms with Crippen LogP contribution in [0.4, 0.5) is 34.4 Å². The van der Waals surface area contributed by atoms with Gasteiger partial charge in [0, 0.05) is 41.4 Å². The first-order chi connectivity index (χ1) is 55.1. The van der Waals surface area contributed by atoms with Crippen molar-refractivity contribution in [3.05, 3.63) is 196 Å². The maximum absolute atomic E-state index is 12.8. The summed E-state index contributed by atoms with van der Waals surface area (Å²) in [6.07, 6.45) is 3.46. The summed E-state index contributed by atoms with van der Waals surface area (Å²) in [4.78, 5) is 29.1. The number of carbonyl (C=O) groups is 2. The SMILES string of the molecule is Cc1nn(-c2cc(S(=O)(=O)O)ccc2S(=O)(=O)O)c(N=Nc2c(C(C)(C)C)[nH]n3nc(CCCOc4ccc(NS(=O)(=O)c5cccc(C(=O)O)c5)cc4)nc23)c1C#N.Cc1nn(-c2cc(S(=O)(=O)[O-])ccc2S(=O)(=O)[O-])c(N=Nc2c(C(C)(C)C)cn3[nH]c(CCCOc4ccc(NC(=O)c5ccccc5S(=O)(=O)[O-])cc4)nc23)c1C#N.N.N.N.[Na+].[Na+].[Na+]. The third-order valence-corrected chi connectivity index (χ3v) is 22.9. The van der Waals surface area contributed by atoms with Crippen LogP contribution in [0.2, 0.25) is 0 Å². The van der Waals surface area contributed by atoms with E-state index < -0.39 is 119 Å². The van der Waals surface area contributed by atoms with Gasteiger partial charge in [-0.15, -0.1) is 25.6 Å². The smallest absolute Gasteiger partial charge is 0.744 e. The number of H-pyrrole nitrogens is 2. The quantitative estimate of drug-likeness (QED) is 0.0150. The third-order valence-electron chi connectivity index (χ3n) is 17.2. The number of nitriles is 2. The fourth-order valence-electron chi connectivity index (χ4n) is 11.6. The van der Waals surface area contributed by atoms with Gasteiger partial charge in [0.25, 0.3) is 36.2 Å². The number of benzene rings is 6. The zero-order chi connectivity index (χ0) is 86.2. The Kier molecular flexibility index (Phi) is 34.6. The maximum Gasteiger partial charge on any atom is 1.00 e. The van der Waals surface area contributed by atoms with Crippen molar-refractivity contribution in [2.75, 3.05) is 23.3 Å². The molecule has 16 N–H and O–H groups in total. The molecule has 0 unspecified atom stereocenters. The summed E-state index contributed by atoms with van der Waals surface area (Å²) in [5.74, 6) is -0.844. The van der Waals surface area contributed by atoms with Crippen molar-refractivity contribution in [3.63, 3.8) is 0 Å². The van der Waals surface area contributed by atoms with Gasteiger partial charge in [0.2, 0.25) is 5.65 Å². The number of hydrogen-bond donors (Lipinski definition) is 10. The standard InChI is InChI=1S/C36H35N9O11S3.C35H34N10O11S3.3H3N.3Na/c1-21-26(19-37)33(45(42-21)28-18-24(57(47,48)49)15-16-30(28)59(53,54)55)41-40-32-27(36(2,3)4)20-44-34(32)39-31(43-44)10-7-17-56-23-13-11-22(12-14-23)38-35(46)25-8-5-6-9-29(25)58(50,51)52;1-20-26(19-36)32(44(40-20)27-18-25(58(50,51)52)14-15-28(27)59(53,54)55)39-38-30-31(35(2,3)4)42-45-33(30)37-29(41-45)9-6-16-56-23-12-10-22(11-13-23)43-57(48,49)24-8-5-7-21(17-24)34(46)47;;;;;;/h5-6,8-9,11-16,18,20H,7,10,17H2,1-4H3,(H,38,46)(H,39,43)(H,47,48,49)(H,50,51,52)(H,53,54,55);5,7-8,10-15,17-18,42-43H,6,9,16H2,1-4H3,(H,46,47)(H,50,51,52)(H,53,54,55);3*1H3;;;/q;;;;;3*+1/p-3. The second-order valence-corrected chi connectivity index (χ2v) is 36.4. The molecular formula is C71H75N22Na3O22S6. The number of amides is 1. The van der Waals surface area contributed by atoms with Crippen LogP contribution in [0.5, 0.6) is 11.5 Å². The Morgan fingerprint density at radius 1 is 0.548 bits per heavy atom. The van der Waals surface area contributed by atoms with E-state index in [9.17, 15) is 98.5 Å². The first-order valence-electron chi connectivity index (χ1n) is 34.4. The van der Waals surface area contributed by atoms with Crippen LogP contribution in [-0.2, 0) is 84.3 Å². The maximum atomic E-state index is 12.8. The van der Waals surface area contributed by atoms with E-state index in [0.29, 0.717) is 89.6 Å². The largest absolute Gasteiger partial charge is 1.00 e. The van der Waals surface area contributed by atoms with E-state index in [2.05, 4.69) is 61.0 Å². The molecule has 124 heavy (non-hydrogen) atoms. The van der Waals surface area contributed by atoms with Crippen molar-refractivity contribution >= 4 is 118 Å². The van der Waals surface area contributed by atoms with Crippen molar-refractivity contribution in [3.8, 4) is 35.0 Å². The number of aromatic amines is 2. The van der Waals surface area contributed by atoms with Crippen molar-refractivity contribution in [1.82, 2.24) is 72.4 Å². The summed E-state index contributed by atoms with van der Waals surface area (Å²) in [7, 11) is -29.1. The molecule has 6 heterocycles. The van der Waals surface area contributed by atoms with Crippen LogP contribution in [0.1, 0.15) is 121 Å². The first kappa shape index (κ1) is 105. The number of aryl methyl sites for hydroxylation is 4. The Morgan fingerprint density at radius 2 is 1.06 bits per heavy atom. The fraction of sp³-hybridized carbons (Fsp3) is 0.225. The number of carbonyl (C=O) groups excluding carboxylic acids is 1. The van der Waals surface area contributed by atoms with Gasteiger partial charge in [0.05, 0.1) is 77.3 Å². The predicted octanol–water partition coefficient (Wildman–Crippen LogP) is 1.36. The van der Waals surface area contributed by atoms with Crippen LogP contribution in [0.15, 0.2) is 189 Å². The molecular weight excluding hydrogens is 1770 g/mol. The minimum atomic E-state index is -5.25. The van der Waals surface area contributed by atoms with Crippen molar-refractivity contribution in [1.29, 1.82) is 10.5 Å². The number of sulfonamides is 1. The molecule has 0 saturated heterocycles. The zero-order valence-corrected chi connectivity index (χ0v) is 78.8. The van der Waals surface area contributed by atoms with E-state index >= 15 is 0 Å². The van der Waals surface area contributed by atoms with Crippen LogP contribution in [0.25, 0.3) is 22.7 Å². The molecule has 12 aromatic rings.